The molecule has 1 saturated heterocycles. The second-order valence-corrected chi connectivity index (χ2v) is 8.39. The zero-order chi connectivity index (χ0) is 20.5. The summed E-state index contributed by atoms with van der Waals surface area (Å²) in [5, 5.41) is 13.5. The second kappa shape index (κ2) is 8.13. The number of nitriles is 1. The van der Waals surface area contributed by atoms with Gasteiger partial charge in [-0.1, -0.05) is 6.42 Å². The minimum Gasteiger partial charge on any atom is -0.339 e. The van der Waals surface area contributed by atoms with Crippen molar-refractivity contribution in [2.75, 3.05) is 39.3 Å². The number of hydrogen-bond donors (Lipinski definition) is 0. The van der Waals surface area contributed by atoms with Crippen LogP contribution in [0.1, 0.15) is 36.1 Å². The molecule has 0 radical (unpaired) electrons. The van der Waals surface area contributed by atoms with Crippen LogP contribution >= 0.6 is 0 Å². The first-order valence-corrected chi connectivity index (χ1v) is 10.7. The van der Waals surface area contributed by atoms with Crippen LogP contribution in [-0.4, -0.2) is 85.7 Å². The molecule has 0 N–H and O–H groups in total. The van der Waals surface area contributed by atoms with E-state index in [4.69, 9.17) is 5.26 Å². The summed E-state index contributed by atoms with van der Waals surface area (Å²) in [4.78, 5) is 28.0. The van der Waals surface area contributed by atoms with Gasteiger partial charge in [-0.25, -0.2) is 14.6 Å². The van der Waals surface area contributed by atoms with Gasteiger partial charge in [-0.05, 0) is 12.8 Å². The zero-order valence-electron chi connectivity index (χ0n) is 17.1. The summed E-state index contributed by atoms with van der Waals surface area (Å²) < 4.78 is 1.66. The normalized spacial score (nSPS) is 20.4. The fourth-order valence-corrected chi connectivity index (χ4v) is 4.49. The molecule has 0 aromatic carbocycles. The standard InChI is InChI=1S/C21H26N8O/c22-10-16-11-23-21(24-12-16)29-14-17-13-26(5-4-19(17)25-29)15-20(30)28-8-6-27(7-9-28)18-2-1-3-18/h11-12,14,18H,1-9,13,15H2. The number of aromatic nitrogens is 4. The summed E-state index contributed by atoms with van der Waals surface area (Å²) in [7, 11) is 0. The Morgan fingerprint density at radius 2 is 1.90 bits per heavy atom. The van der Waals surface area contributed by atoms with Crippen molar-refractivity contribution in [1.29, 1.82) is 5.26 Å². The Morgan fingerprint density at radius 1 is 1.13 bits per heavy atom. The van der Waals surface area contributed by atoms with Gasteiger partial charge in [-0.3, -0.25) is 14.6 Å². The summed E-state index contributed by atoms with van der Waals surface area (Å²) in [5.41, 5.74) is 2.56. The molecule has 5 rings (SSSR count). The number of hydrogen-bond acceptors (Lipinski definition) is 7. The van der Waals surface area contributed by atoms with E-state index in [1.165, 1.54) is 31.7 Å². The first kappa shape index (κ1) is 19.2. The molecule has 1 aliphatic carbocycles. The Hall–Kier alpha value is -2.83. The van der Waals surface area contributed by atoms with Crippen LogP contribution in [0.3, 0.4) is 0 Å². The van der Waals surface area contributed by atoms with Crippen molar-refractivity contribution < 1.29 is 4.79 Å². The van der Waals surface area contributed by atoms with Gasteiger partial charge in [0.1, 0.15) is 6.07 Å². The number of carbonyl (C=O) groups excluding carboxylic acids is 1. The van der Waals surface area contributed by atoms with Crippen LogP contribution in [0, 0.1) is 11.3 Å². The first-order chi connectivity index (χ1) is 14.7. The molecule has 156 valence electrons. The molecule has 0 unspecified atom stereocenters. The van der Waals surface area contributed by atoms with Crippen LogP contribution in [0.25, 0.3) is 5.95 Å². The monoisotopic (exact) mass is 406 g/mol. The summed E-state index contributed by atoms with van der Waals surface area (Å²) in [6.07, 6.45) is 9.74. The Morgan fingerprint density at radius 3 is 2.57 bits per heavy atom. The molecule has 0 spiro atoms. The van der Waals surface area contributed by atoms with Crippen LogP contribution in [0.4, 0.5) is 0 Å². The number of carbonyl (C=O) groups is 1. The van der Waals surface area contributed by atoms with E-state index >= 15 is 0 Å². The van der Waals surface area contributed by atoms with Gasteiger partial charge < -0.3 is 4.90 Å². The molecule has 2 aromatic rings. The average molecular weight is 406 g/mol. The Kier molecular flexibility index (Phi) is 5.19. The van der Waals surface area contributed by atoms with Crippen LogP contribution < -0.4 is 0 Å². The molecule has 1 amide bonds. The molecule has 30 heavy (non-hydrogen) atoms. The molecular weight excluding hydrogens is 380 g/mol. The summed E-state index contributed by atoms with van der Waals surface area (Å²) >= 11 is 0. The third kappa shape index (κ3) is 3.80. The predicted molar refractivity (Wildman–Crippen MR) is 109 cm³/mol. The van der Waals surface area contributed by atoms with Gasteiger partial charge in [0.2, 0.25) is 5.91 Å². The van der Waals surface area contributed by atoms with E-state index in [-0.39, 0.29) is 5.91 Å². The van der Waals surface area contributed by atoms with E-state index in [1.54, 1.807) is 4.68 Å². The highest BCUT2D eigenvalue weighted by atomic mass is 16.2. The minimum atomic E-state index is 0.231. The lowest BCUT2D eigenvalue weighted by molar-refractivity contribution is -0.135. The molecule has 2 aliphatic heterocycles. The maximum Gasteiger partial charge on any atom is 0.250 e. The van der Waals surface area contributed by atoms with Gasteiger partial charge in [-0.15, -0.1) is 0 Å². The second-order valence-electron chi connectivity index (χ2n) is 8.39. The fourth-order valence-electron chi connectivity index (χ4n) is 4.49. The molecule has 2 aromatic heterocycles. The topological polar surface area (TPSA) is 94.2 Å². The Bertz CT molecular complexity index is 950. The fraction of sp³-hybridized carbons (Fsp3) is 0.571. The largest absolute Gasteiger partial charge is 0.339 e. The van der Waals surface area contributed by atoms with Crippen molar-refractivity contribution in [3.05, 3.63) is 35.4 Å². The van der Waals surface area contributed by atoms with Crippen molar-refractivity contribution in [3.63, 3.8) is 0 Å². The molecular formula is C21H26N8O. The maximum absolute atomic E-state index is 12.8. The molecule has 9 heteroatoms. The summed E-state index contributed by atoms with van der Waals surface area (Å²) in [6, 6.07) is 2.78. The predicted octanol–water partition coefficient (Wildman–Crippen LogP) is 0.589. The first-order valence-electron chi connectivity index (χ1n) is 10.7. The number of fused-ring (bicyclic) bond motifs is 1. The smallest absolute Gasteiger partial charge is 0.250 e. The summed E-state index contributed by atoms with van der Waals surface area (Å²) in [5.74, 6) is 0.685. The Balaban J connectivity index is 1.17. The van der Waals surface area contributed by atoms with Crippen molar-refractivity contribution in [2.45, 2.75) is 38.3 Å². The molecule has 1 saturated carbocycles. The van der Waals surface area contributed by atoms with E-state index in [9.17, 15) is 4.79 Å². The quantitative estimate of drug-likeness (QED) is 0.733. The number of amides is 1. The third-order valence-corrected chi connectivity index (χ3v) is 6.53. The van der Waals surface area contributed by atoms with Crippen molar-refractivity contribution in [2.24, 2.45) is 0 Å². The number of rotatable bonds is 4. The number of nitrogens with zero attached hydrogens (tertiary/aromatic N) is 8. The Labute approximate surface area is 175 Å². The van der Waals surface area contributed by atoms with Crippen LogP contribution in [-0.2, 0) is 17.8 Å². The van der Waals surface area contributed by atoms with Gasteiger partial charge >= 0.3 is 0 Å². The molecule has 0 atom stereocenters. The zero-order valence-corrected chi connectivity index (χ0v) is 17.1. The van der Waals surface area contributed by atoms with Gasteiger partial charge in [0.05, 0.1) is 30.2 Å². The lowest BCUT2D eigenvalue weighted by Gasteiger charge is -2.43. The van der Waals surface area contributed by atoms with Crippen LogP contribution in [0.2, 0.25) is 0 Å². The van der Waals surface area contributed by atoms with E-state index in [2.05, 4.69) is 24.9 Å². The highest BCUT2D eigenvalue weighted by Gasteiger charge is 2.30. The van der Waals surface area contributed by atoms with Gasteiger partial charge in [0.15, 0.2) is 0 Å². The number of piperazine rings is 1. The van der Waals surface area contributed by atoms with E-state index in [0.717, 1.165) is 56.4 Å². The van der Waals surface area contributed by atoms with E-state index < -0.39 is 0 Å². The van der Waals surface area contributed by atoms with E-state index in [0.29, 0.717) is 24.6 Å². The van der Waals surface area contributed by atoms with E-state index in [1.807, 2.05) is 17.2 Å². The van der Waals surface area contributed by atoms with Crippen molar-refractivity contribution in [1.82, 2.24) is 34.4 Å². The molecule has 3 aliphatic rings. The maximum atomic E-state index is 12.8. The van der Waals surface area contributed by atoms with Gasteiger partial charge in [0.25, 0.3) is 5.95 Å². The van der Waals surface area contributed by atoms with Crippen LogP contribution in [0.15, 0.2) is 18.6 Å². The lowest BCUT2D eigenvalue weighted by atomic mass is 9.91. The summed E-state index contributed by atoms with van der Waals surface area (Å²) in [6.45, 7) is 5.72. The average Bonchev–Trinajstić information content (AvgIpc) is 3.16. The van der Waals surface area contributed by atoms with Crippen LogP contribution in [0.5, 0.6) is 0 Å². The van der Waals surface area contributed by atoms with Gasteiger partial charge in [-0.2, -0.15) is 10.4 Å². The lowest BCUT2D eigenvalue weighted by Crippen LogP contribution is -2.55. The third-order valence-electron chi connectivity index (χ3n) is 6.53. The minimum absolute atomic E-state index is 0.231. The molecule has 4 heterocycles. The highest BCUT2D eigenvalue weighted by molar-refractivity contribution is 5.78. The molecule has 0 bridgehead atoms. The van der Waals surface area contributed by atoms with Crippen molar-refractivity contribution in [3.8, 4) is 12.0 Å². The highest BCUT2D eigenvalue weighted by Crippen LogP contribution is 2.25. The molecule has 2 fully saturated rings. The van der Waals surface area contributed by atoms with Gasteiger partial charge in [0, 0.05) is 63.5 Å². The van der Waals surface area contributed by atoms with Crippen molar-refractivity contribution >= 4 is 5.91 Å². The SMILES string of the molecule is N#Cc1cnc(-n2cc3c(n2)CCN(CC(=O)N2CCN(C4CCC4)CC2)C3)nc1. The molecule has 9 nitrogen and oxygen atoms in total.